The van der Waals surface area contributed by atoms with Crippen LogP contribution in [0.1, 0.15) is 21.5 Å². The lowest BCUT2D eigenvalue weighted by Crippen LogP contribution is -2.15. The van der Waals surface area contributed by atoms with E-state index in [-0.39, 0.29) is 5.91 Å². The van der Waals surface area contributed by atoms with E-state index in [2.05, 4.69) is 15.6 Å². The van der Waals surface area contributed by atoms with Crippen molar-refractivity contribution in [3.63, 3.8) is 0 Å². The largest absolute Gasteiger partial charge is 0.497 e. The first-order valence-corrected chi connectivity index (χ1v) is 9.39. The van der Waals surface area contributed by atoms with E-state index in [0.717, 1.165) is 34.0 Å². The second-order valence-electron chi connectivity index (χ2n) is 6.69. The Kier molecular flexibility index (Phi) is 6.68. The number of nitrogens with one attached hydrogen (secondary N) is 2. The van der Waals surface area contributed by atoms with Gasteiger partial charge in [-0.3, -0.25) is 9.78 Å². The van der Waals surface area contributed by atoms with Gasteiger partial charge in [-0.25, -0.2) is 0 Å². The van der Waals surface area contributed by atoms with E-state index < -0.39 is 0 Å². The molecule has 2 N–H and O–H groups in total. The van der Waals surface area contributed by atoms with Gasteiger partial charge in [-0.05, 0) is 61.4 Å². The predicted molar refractivity (Wildman–Crippen MR) is 115 cm³/mol. The van der Waals surface area contributed by atoms with E-state index in [9.17, 15) is 4.79 Å². The van der Waals surface area contributed by atoms with Crippen molar-refractivity contribution in [2.24, 2.45) is 0 Å². The molecule has 0 aliphatic carbocycles. The van der Waals surface area contributed by atoms with Crippen molar-refractivity contribution in [2.75, 3.05) is 30.9 Å². The van der Waals surface area contributed by atoms with Gasteiger partial charge in [0.25, 0.3) is 5.91 Å². The Morgan fingerprint density at radius 1 is 1.00 bits per heavy atom. The van der Waals surface area contributed by atoms with Gasteiger partial charge < -0.3 is 20.1 Å². The average molecular weight is 391 g/mol. The minimum Gasteiger partial charge on any atom is -0.497 e. The van der Waals surface area contributed by atoms with Gasteiger partial charge in [-0.2, -0.15) is 0 Å². The summed E-state index contributed by atoms with van der Waals surface area (Å²) in [7, 11) is 1.63. The molecule has 1 aromatic heterocycles. The highest BCUT2D eigenvalue weighted by Crippen LogP contribution is 2.19. The van der Waals surface area contributed by atoms with Crippen LogP contribution in [0, 0.1) is 13.8 Å². The Morgan fingerprint density at radius 2 is 1.76 bits per heavy atom. The maximum atomic E-state index is 12.6. The Balaban J connectivity index is 1.53. The first-order valence-electron chi connectivity index (χ1n) is 9.39. The van der Waals surface area contributed by atoms with Crippen LogP contribution >= 0.6 is 0 Å². The van der Waals surface area contributed by atoms with E-state index in [1.807, 2.05) is 56.3 Å². The number of hydrogen-bond donors (Lipinski definition) is 2. The zero-order valence-electron chi connectivity index (χ0n) is 16.9. The quantitative estimate of drug-likeness (QED) is 0.555. The average Bonchev–Trinajstić information content (AvgIpc) is 2.74. The first-order chi connectivity index (χ1) is 14.0. The summed E-state index contributed by atoms with van der Waals surface area (Å²) in [6.45, 7) is 5.02. The van der Waals surface area contributed by atoms with Crippen LogP contribution in [0.3, 0.4) is 0 Å². The highest BCUT2D eigenvalue weighted by atomic mass is 16.5. The molecule has 1 heterocycles. The van der Waals surface area contributed by atoms with Crippen molar-refractivity contribution in [2.45, 2.75) is 13.8 Å². The lowest BCUT2D eigenvalue weighted by molar-refractivity contribution is 0.102. The van der Waals surface area contributed by atoms with Crippen LogP contribution in [0.5, 0.6) is 11.5 Å². The van der Waals surface area contributed by atoms with E-state index in [1.54, 1.807) is 25.6 Å². The van der Waals surface area contributed by atoms with Crippen molar-refractivity contribution < 1.29 is 14.3 Å². The maximum absolute atomic E-state index is 12.6. The molecule has 0 aliphatic rings. The molecule has 0 bridgehead atoms. The fraction of sp³-hybridized carbons (Fsp3) is 0.217. The zero-order valence-corrected chi connectivity index (χ0v) is 16.9. The first kappa shape index (κ1) is 20.2. The minimum atomic E-state index is -0.190. The number of carbonyl (C=O) groups is 1. The van der Waals surface area contributed by atoms with Gasteiger partial charge in [0.05, 0.1) is 18.4 Å². The third-order valence-corrected chi connectivity index (χ3v) is 4.40. The van der Waals surface area contributed by atoms with Gasteiger partial charge in [0.15, 0.2) is 0 Å². The third-order valence-electron chi connectivity index (χ3n) is 4.40. The van der Waals surface area contributed by atoms with Crippen LogP contribution in [0.4, 0.5) is 11.4 Å². The molecule has 0 saturated heterocycles. The summed E-state index contributed by atoms with van der Waals surface area (Å²) in [5, 5.41) is 6.18. The Bertz CT molecular complexity index is 971. The molecule has 0 atom stereocenters. The molecule has 0 saturated carbocycles. The Labute approximate surface area is 170 Å². The topological polar surface area (TPSA) is 72.5 Å². The van der Waals surface area contributed by atoms with Gasteiger partial charge in [-0.15, -0.1) is 0 Å². The molecule has 3 aromatic rings. The lowest BCUT2D eigenvalue weighted by Gasteiger charge is -2.11. The van der Waals surface area contributed by atoms with Crippen LogP contribution < -0.4 is 20.1 Å². The van der Waals surface area contributed by atoms with E-state index in [1.165, 1.54) is 0 Å². The lowest BCUT2D eigenvalue weighted by atomic mass is 10.1. The molecule has 0 unspecified atom stereocenters. The summed E-state index contributed by atoms with van der Waals surface area (Å²) in [4.78, 5) is 16.7. The van der Waals surface area contributed by atoms with Gasteiger partial charge in [0.2, 0.25) is 0 Å². The van der Waals surface area contributed by atoms with Gasteiger partial charge in [0.1, 0.15) is 18.1 Å². The maximum Gasteiger partial charge on any atom is 0.257 e. The van der Waals surface area contributed by atoms with Gasteiger partial charge in [-0.1, -0.05) is 12.1 Å². The number of methoxy groups -OCH3 is 1. The minimum absolute atomic E-state index is 0.190. The zero-order chi connectivity index (χ0) is 20.6. The fourth-order valence-electron chi connectivity index (χ4n) is 2.76. The van der Waals surface area contributed by atoms with E-state index in [0.29, 0.717) is 18.7 Å². The summed E-state index contributed by atoms with van der Waals surface area (Å²) in [5.74, 6) is 1.37. The molecule has 0 aliphatic heterocycles. The van der Waals surface area contributed by atoms with Gasteiger partial charge >= 0.3 is 0 Å². The number of rotatable bonds is 8. The molecule has 6 heteroatoms. The second-order valence-corrected chi connectivity index (χ2v) is 6.69. The highest BCUT2D eigenvalue weighted by molar-refractivity contribution is 6.05. The number of ether oxygens (including phenoxy) is 2. The Morgan fingerprint density at radius 3 is 2.52 bits per heavy atom. The number of anilines is 2. The molecule has 1 amide bonds. The Hall–Kier alpha value is -3.54. The molecular formula is C23H25N3O3. The predicted octanol–water partition coefficient (Wildman–Crippen LogP) is 4.45. The highest BCUT2D eigenvalue weighted by Gasteiger charge is 2.09. The second kappa shape index (κ2) is 9.59. The van der Waals surface area contributed by atoms with Crippen molar-refractivity contribution in [1.29, 1.82) is 0 Å². The molecule has 0 spiro atoms. The van der Waals surface area contributed by atoms with Gasteiger partial charge in [0, 0.05) is 24.6 Å². The number of amides is 1. The van der Waals surface area contributed by atoms with Crippen LogP contribution in [-0.4, -0.2) is 31.2 Å². The molecule has 0 radical (unpaired) electrons. The monoisotopic (exact) mass is 391 g/mol. The molecule has 0 fully saturated rings. The van der Waals surface area contributed by atoms with Crippen LogP contribution in [0.2, 0.25) is 0 Å². The summed E-state index contributed by atoms with van der Waals surface area (Å²) in [6, 6.07) is 15.2. The molecule has 29 heavy (non-hydrogen) atoms. The number of benzene rings is 2. The molecular weight excluding hydrogens is 366 g/mol. The van der Waals surface area contributed by atoms with Crippen molar-refractivity contribution >= 4 is 17.3 Å². The van der Waals surface area contributed by atoms with E-state index >= 15 is 0 Å². The SMILES string of the molecule is COc1ccc(OCCNc2cncc(C(=O)Nc3cc(C)ccc3C)c2)cc1. The standard InChI is InChI=1S/C23H25N3O3/c1-16-4-5-17(2)22(12-16)26-23(27)18-13-19(15-24-14-18)25-10-11-29-21-8-6-20(28-3)7-9-21/h4-9,12-15,25H,10-11H2,1-3H3,(H,26,27). The number of aromatic nitrogens is 1. The number of hydrogen-bond acceptors (Lipinski definition) is 5. The fourth-order valence-corrected chi connectivity index (χ4v) is 2.76. The molecule has 2 aromatic carbocycles. The van der Waals surface area contributed by atoms with Crippen LogP contribution in [0.15, 0.2) is 60.9 Å². The van der Waals surface area contributed by atoms with Crippen molar-refractivity contribution in [3.8, 4) is 11.5 Å². The van der Waals surface area contributed by atoms with Crippen LogP contribution in [-0.2, 0) is 0 Å². The molecule has 3 rings (SSSR count). The smallest absolute Gasteiger partial charge is 0.257 e. The number of aryl methyl sites for hydroxylation is 2. The van der Waals surface area contributed by atoms with E-state index in [4.69, 9.17) is 9.47 Å². The van der Waals surface area contributed by atoms with Crippen molar-refractivity contribution in [3.05, 3.63) is 77.6 Å². The summed E-state index contributed by atoms with van der Waals surface area (Å²) in [6.07, 6.45) is 3.24. The van der Waals surface area contributed by atoms with Crippen molar-refractivity contribution in [1.82, 2.24) is 4.98 Å². The summed E-state index contributed by atoms with van der Waals surface area (Å²) < 4.78 is 10.8. The third kappa shape index (κ3) is 5.72. The number of pyridine rings is 1. The summed E-state index contributed by atoms with van der Waals surface area (Å²) in [5.41, 5.74) is 4.17. The summed E-state index contributed by atoms with van der Waals surface area (Å²) >= 11 is 0. The number of nitrogens with zero attached hydrogens (tertiary/aromatic N) is 1. The molecule has 6 nitrogen and oxygen atoms in total. The molecule has 150 valence electrons. The number of carbonyl (C=O) groups excluding carboxylic acids is 1. The normalized spacial score (nSPS) is 10.3. The van der Waals surface area contributed by atoms with Crippen LogP contribution in [0.25, 0.3) is 0 Å².